The molecule has 0 aliphatic heterocycles. The number of fused-ring (bicyclic) bond motifs is 1. The van der Waals surface area contributed by atoms with Crippen molar-refractivity contribution in [3.8, 4) is 0 Å². The highest BCUT2D eigenvalue weighted by Crippen LogP contribution is 2.34. The summed E-state index contributed by atoms with van der Waals surface area (Å²) in [6, 6.07) is 13.0. The maximum absolute atomic E-state index is 12.7. The number of benzene rings is 2. The van der Waals surface area contributed by atoms with Crippen LogP contribution in [-0.4, -0.2) is 19.0 Å². The van der Waals surface area contributed by atoms with E-state index in [1.165, 1.54) is 16.3 Å². The minimum atomic E-state index is 0.301. The Kier molecular flexibility index (Phi) is 5.02. The largest absolute Gasteiger partial charge is 0.318 e. The first kappa shape index (κ1) is 16.7. The minimum absolute atomic E-state index is 0.301. The number of amides is 1. The molecule has 118 valence electrons. The molecule has 2 aromatic carbocycles. The fourth-order valence-electron chi connectivity index (χ4n) is 3.44. The van der Waals surface area contributed by atoms with Gasteiger partial charge in [-0.3, -0.25) is 0 Å². The van der Waals surface area contributed by atoms with Crippen LogP contribution in [0.15, 0.2) is 36.4 Å². The van der Waals surface area contributed by atoms with Gasteiger partial charge in [-0.05, 0) is 36.1 Å². The van der Waals surface area contributed by atoms with E-state index in [2.05, 4.69) is 64.1 Å². The Morgan fingerprint density at radius 1 is 1.05 bits per heavy atom. The SMILES string of the molecule is CCC(=O)[N+](CC)(CC)c1cc(C(C)C)c2ccccc2c1. The summed E-state index contributed by atoms with van der Waals surface area (Å²) in [5.41, 5.74) is 2.47. The Hall–Kier alpha value is -1.67. The Balaban J connectivity index is 2.76. The zero-order chi connectivity index (χ0) is 16.3. The highest BCUT2D eigenvalue weighted by molar-refractivity contribution is 5.94. The average Bonchev–Trinajstić information content (AvgIpc) is 2.55. The molecule has 22 heavy (non-hydrogen) atoms. The van der Waals surface area contributed by atoms with E-state index in [9.17, 15) is 4.79 Å². The van der Waals surface area contributed by atoms with Gasteiger partial charge in [0.1, 0.15) is 5.69 Å². The topological polar surface area (TPSA) is 17.1 Å². The van der Waals surface area contributed by atoms with Gasteiger partial charge in [0.2, 0.25) is 0 Å². The number of quaternary nitrogens is 1. The lowest BCUT2D eigenvalue weighted by Crippen LogP contribution is -2.53. The molecule has 0 fully saturated rings. The monoisotopic (exact) mass is 298 g/mol. The van der Waals surface area contributed by atoms with Crippen LogP contribution in [0.25, 0.3) is 10.8 Å². The number of rotatable bonds is 5. The van der Waals surface area contributed by atoms with E-state index in [0.717, 1.165) is 18.8 Å². The second-order valence-corrected chi connectivity index (χ2v) is 6.26. The van der Waals surface area contributed by atoms with Gasteiger partial charge in [-0.25, -0.2) is 9.28 Å². The lowest BCUT2D eigenvalue weighted by atomic mass is 9.94. The standard InChI is InChI=1S/C20H28NO/c1-6-20(22)21(7-2,8-3)17-13-16-11-9-10-12-18(16)19(14-17)15(4)5/h9-15H,6-8H2,1-5H3/q+1. The second kappa shape index (κ2) is 6.62. The first-order valence-electron chi connectivity index (χ1n) is 8.43. The molecule has 1 amide bonds. The van der Waals surface area contributed by atoms with Crippen LogP contribution in [0.4, 0.5) is 5.69 Å². The zero-order valence-corrected chi connectivity index (χ0v) is 14.5. The van der Waals surface area contributed by atoms with E-state index >= 15 is 0 Å². The van der Waals surface area contributed by atoms with Crippen molar-refractivity contribution >= 4 is 22.4 Å². The molecule has 0 saturated carbocycles. The molecule has 0 aliphatic rings. The smallest absolute Gasteiger partial charge is 0.230 e. The van der Waals surface area contributed by atoms with Crippen LogP contribution in [0.1, 0.15) is 52.5 Å². The fourth-order valence-corrected chi connectivity index (χ4v) is 3.44. The summed E-state index contributed by atoms with van der Waals surface area (Å²) in [4.78, 5) is 12.7. The molecule has 0 radical (unpaired) electrons. The molecule has 2 heteroatoms. The van der Waals surface area contributed by atoms with Crippen molar-refractivity contribution in [2.45, 2.75) is 47.0 Å². The molecule has 0 atom stereocenters. The Labute approximate surface area is 134 Å². The quantitative estimate of drug-likeness (QED) is 0.689. The van der Waals surface area contributed by atoms with Gasteiger partial charge in [-0.1, -0.05) is 45.0 Å². The molecule has 0 aliphatic carbocycles. The van der Waals surface area contributed by atoms with Gasteiger partial charge in [-0.15, -0.1) is 0 Å². The third-order valence-electron chi connectivity index (χ3n) is 4.85. The number of carbonyl (C=O) groups is 1. The van der Waals surface area contributed by atoms with E-state index in [4.69, 9.17) is 0 Å². The maximum atomic E-state index is 12.7. The molecule has 2 aromatic rings. The molecule has 0 spiro atoms. The summed E-state index contributed by atoms with van der Waals surface area (Å²) < 4.78 is 0.445. The highest BCUT2D eigenvalue weighted by Gasteiger charge is 2.35. The van der Waals surface area contributed by atoms with Crippen molar-refractivity contribution in [2.75, 3.05) is 13.1 Å². The highest BCUT2D eigenvalue weighted by atomic mass is 16.2. The first-order valence-corrected chi connectivity index (χ1v) is 8.43. The second-order valence-electron chi connectivity index (χ2n) is 6.26. The minimum Gasteiger partial charge on any atom is -0.230 e. The van der Waals surface area contributed by atoms with Crippen molar-refractivity contribution in [1.29, 1.82) is 0 Å². The molecule has 0 N–H and O–H groups in total. The van der Waals surface area contributed by atoms with E-state index in [1.54, 1.807) is 0 Å². The third-order valence-corrected chi connectivity index (χ3v) is 4.85. The molecule has 0 unspecified atom stereocenters. The molecule has 0 saturated heterocycles. The van der Waals surface area contributed by atoms with Gasteiger partial charge in [0, 0.05) is 12.1 Å². The summed E-state index contributed by atoms with van der Waals surface area (Å²) in [5.74, 6) is 0.743. The molecular formula is C20H28NO+. The summed E-state index contributed by atoms with van der Waals surface area (Å²) >= 11 is 0. The molecular weight excluding hydrogens is 270 g/mol. The predicted molar refractivity (Wildman–Crippen MR) is 96.2 cm³/mol. The number of nitrogens with zero attached hydrogens (tertiary/aromatic N) is 1. The van der Waals surface area contributed by atoms with Crippen LogP contribution < -0.4 is 4.48 Å². The van der Waals surface area contributed by atoms with Crippen LogP contribution in [-0.2, 0) is 4.79 Å². The van der Waals surface area contributed by atoms with Crippen molar-refractivity contribution < 1.29 is 4.79 Å². The van der Waals surface area contributed by atoms with E-state index in [-0.39, 0.29) is 0 Å². The Morgan fingerprint density at radius 3 is 2.23 bits per heavy atom. The van der Waals surface area contributed by atoms with Crippen LogP contribution in [0, 0.1) is 0 Å². The van der Waals surface area contributed by atoms with Crippen molar-refractivity contribution in [3.05, 3.63) is 42.0 Å². The lowest BCUT2D eigenvalue weighted by Gasteiger charge is -2.34. The normalized spacial score (nSPS) is 12.1. The van der Waals surface area contributed by atoms with Crippen LogP contribution in [0.5, 0.6) is 0 Å². The van der Waals surface area contributed by atoms with E-state index in [0.29, 0.717) is 22.7 Å². The van der Waals surface area contributed by atoms with Gasteiger partial charge in [0.25, 0.3) is 0 Å². The van der Waals surface area contributed by atoms with Gasteiger partial charge in [-0.2, -0.15) is 0 Å². The van der Waals surface area contributed by atoms with Crippen molar-refractivity contribution in [1.82, 2.24) is 4.48 Å². The van der Waals surface area contributed by atoms with Crippen molar-refractivity contribution in [3.63, 3.8) is 0 Å². The van der Waals surface area contributed by atoms with Gasteiger partial charge in [0.15, 0.2) is 0 Å². The number of carbonyl (C=O) groups excluding carboxylic acids is 1. The summed E-state index contributed by atoms with van der Waals surface area (Å²) in [7, 11) is 0. The molecule has 0 heterocycles. The maximum Gasteiger partial charge on any atom is 0.318 e. The predicted octanol–water partition coefficient (Wildman–Crippen LogP) is 5.25. The van der Waals surface area contributed by atoms with Gasteiger partial charge < -0.3 is 0 Å². The third kappa shape index (κ3) is 2.68. The van der Waals surface area contributed by atoms with Crippen molar-refractivity contribution in [2.24, 2.45) is 0 Å². The molecule has 2 nitrogen and oxygen atoms in total. The molecule has 0 aromatic heterocycles. The van der Waals surface area contributed by atoms with Gasteiger partial charge >= 0.3 is 5.91 Å². The number of hydrogen-bond acceptors (Lipinski definition) is 1. The van der Waals surface area contributed by atoms with Crippen LogP contribution in [0.2, 0.25) is 0 Å². The van der Waals surface area contributed by atoms with E-state index < -0.39 is 0 Å². The Bertz CT molecular complexity index is 668. The first-order chi connectivity index (χ1) is 10.5. The fraction of sp³-hybridized carbons (Fsp3) is 0.450. The average molecular weight is 298 g/mol. The Morgan fingerprint density at radius 2 is 1.68 bits per heavy atom. The van der Waals surface area contributed by atoms with Gasteiger partial charge in [0.05, 0.1) is 19.5 Å². The lowest BCUT2D eigenvalue weighted by molar-refractivity contribution is -0.129. The summed E-state index contributed by atoms with van der Waals surface area (Å²) in [6.45, 7) is 12.2. The molecule has 2 rings (SSSR count). The van der Waals surface area contributed by atoms with E-state index in [1.807, 2.05) is 6.92 Å². The summed E-state index contributed by atoms with van der Waals surface area (Å²) in [5, 5.41) is 2.53. The van der Waals surface area contributed by atoms with Crippen LogP contribution >= 0.6 is 0 Å². The van der Waals surface area contributed by atoms with Crippen LogP contribution in [0.3, 0.4) is 0 Å². The zero-order valence-electron chi connectivity index (χ0n) is 14.5. The molecule has 0 bridgehead atoms. The summed E-state index contributed by atoms with van der Waals surface area (Å²) in [6.07, 6.45) is 0.575. The number of hydrogen-bond donors (Lipinski definition) is 0.